The number of hydrogen-bond acceptors (Lipinski definition) is 3. The fraction of sp³-hybridized carbons (Fsp3) is 0.643. The molecule has 1 rings (SSSR count). The number of hydrogen-bond donors (Lipinski definition) is 2. The lowest BCUT2D eigenvalue weighted by Gasteiger charge is -2.15. The molecular formula is C14H24N2OS. The van der Waals surface area contributed by atoms with Crippen LogP contribution in [0.5, 0.6) is 0 Å². The Bertz CT molecular complexity index is 338. The predicted octanol–water partition coefficient (Wildman–Crippen LogP) is 3.08. The van der Waals surface area contributed by atoms with Gasteiger partial charge in [-0.3, -0.25) is 4.79 Å². The number of amides is 1. The molecule has 0 radical (unpaired) electrons. The van der Waals surface area contributed by atoms with E-state index in [4.69, 9.17) is 5.73 Å². The zero-order chi connectivity index (χ0) is 13.4. The Kier molecular flexibility index (Phi) is 6.98. The van der Waals surface area contributed by atoms with E-state index in [2.05, 4.69) is 18.3 Å². The zero-order valence-electron chi connectivity index (χ0n) is 11.3. The van der Waals surface area contributed by atoms with Gasteiger partial charge in [0, 0.05) is 11.3 Å². The topological polar surface area (TPSA) is 55.1 Å². The summed E-state index contributed by atoms with van der Waals surface area (Å²) in [6, 6.07) is 4.18. The standard InChI is InChI=1S/C14H24N2OS/c1-3-12(8-9-15)6-7-14(17)16-11(2)13-5-4-10-18-13/h4-5,10-12H,3,6-9,15H2,1-2H3,(H,16,17). The van der Waals surface area contributed by atoms with E-state index in [0.29, 0.717) is 18.9 Å². The molecule has 4 heteroatoms. The zero-order valence-corrected chi connectivity index (χ0v) is 12.1. The van der Waals surface area contributed by atoms with Crippen LogP contribution in [-0.2, 0) is 4.79 Å². The summed E-state index contributed by atoms with van der Waals surface area (Å²) in [6.07, 6.45) is 3.67. The Morgan fingerprint density at radius 1 is 1.50 bits per heavy atom. The van der Waals surface area contributed by atoms with Gasteiger partial charge in [0.25, 0.3) is 0 Å². The van der Waals surface area contributed by atoms with Crippen molar-refractivity contribution in [1.29, 1.82) is 0 Å². The van der Waals surface area contributed by atoms with Crippen LogP contribution in [0, 0.1) is 5.92 Å². The van der Waals surface area contributed by atoms with Gasteiger partial charge in [0.1, 0.15) is 0 Å². The third-order valence-corrected chi connectivity index (χ3v) is 4.33. The fourth-order valence-electron chi connectivity index (χ4n) is 2.05. The molecular weight excluding hydrogens is 244 g/mol. The molecule has 0 bridgehead atoms. The molecule has 3 nitrogen and oxygen atoms in total. The molecule has 0 fully saturated rings. The lowest BCUT2D eigenvalue weighted by Crippen LogP contribution is -2.26. The number of rotatable bonds is 8. The Balaban J connectivity index is 2.29. The first-order valence-electron chi connectivity index (χ1n) is 6.70. The normalized spacial score (nSPS) is 14.2. The smallest absolute Gasteiger partial charge is 0.220 e. The second-order valence-corrected chi connectivity index (χ2v) is 5.67. The Morgan fingerprint density at radius 3 is 2.83 bits per heavy atom. The number of carbonyl (C=O) groups excluding carboxylic acids is 1. The van der Waals surface area contributed by atoms with Gasteiger partial charge in [0.05, 0.1) is 6.04 Å². The summed E-state index contributed by atoms with van der Waals surface area (Å²) in [6.45, 7) is 4.90. The van der Waals surface area contributed by atoms with Crippen LogP contribution in [-0.4, -0.2) is 12.5 Å². The largest absolute Gasteiger partial charge is 0.349 e. The average molecular weight is 268 g/mol. The minimum Gasteiger partial charge on any atom is -0.349 e. The SMILES string of the molecule is CCC(CCN)CCC(=O)NC(C)c1cccs1. The van der Waals surface area contributed by atoms with Gasteiger partial charge in [-0.05, 0) is 43.7 Å². The van der Waals surface area contributed by atoms with Crippen molar-refractivity contribution in [2.45, 2.75) is 45.6 Å². The maximum absolute atomic E-state index is 11.8. The van der Waals surface area contributed by atoms with Gasteiger partial charge in [-0.2, -0.15) is 0 Å². The summed E-state index contributed by atoms with van der Waals surface area (Å²) >= 11 is 1.68. The molecule has 18 heavy (non-hydrogen) atoms. The van der Waals surface area contributed by atoms with Crippen molar-refractivity contribution in [3.05, 3.63) is 22.4 Å². The van der Waals surface area contributed by atoms with Gasteiger partial charge in [0.15, 0.2) is 0 Å². The van der Waals surface area contributed by atoms with Crippen LogP contribution >= 0.6 is 11.3 Å². The van der Waals surface area contributed by atoms with E-state index < -0.39 is 0 Å². The fourth-order valence-corrected chi connectivity index (χ4v) is 2.78. The summed E-state index contributed by atoms with van der Waals surface area (Å²) in [5.74, 6) is 0.726. The average Bonchev–Trinajstić information content (AvgIpc) is 2.88. The highest BCUT2D eigenvalue weighted by atomic mass is 32.1. The third kappa shape index (κ3) is 5.19. The molecule has 0 aliphatic rings. The van der Waals surface area contributed by atoms with Crippen molar-refractivity contribution in [3.63, 3.8) is 0 Å². The van der Waals surface area contributed by atoms with Crippen LogP contribution in [0.2, 0.25) is 0 Å². The van der Waals surface area contributed by atoms with Gasteiger partial charge in [-0.25, -0.2) is 0 Å². The van der Waals surface area contributed by atoms with Gasteiger partial charge in [0.2, 0.25) is 5.91 Å². The molecule has 1 aromatic heterocycles. The second kappa shape index (κ2) is 8.27. The van der Waals surface area contributed by atoms with Crippen LogP contribution in [0.1, 0.15) is 50.4 Å². The van der Waals surface area contributed by atoms with E-state index in [-0.39, 0.29) is 11.9 Å². The number of carbonyl (C=O) groups is 1. The monoisotopic (exact) mass is 268 g/mol. The molecule has 0 aliphatic heterocycles. The van der Waals surface area contributed by atoms with Crippen LogP contribution in [0.4, 0.5) is 0 Å². The van der Waals surface area contributed by atoms with Gasteiger partial charge in [-0.15, -0.1) is 11.3 Å². The van der Waals surface area contributed by atoms with Crippen molar-refractivity contribution in [1.82, 2.24) is 5.32 Å². The maximum atomic E-state index is 11.8. The first-order chi connectivity index (χ1) is 8.67. The van der Waals surface area contributed by atoms with E-state index in [1.54, 1.807) is 11.3 Å². The van der Waals surface area contributed by atoms with Crippen molar-refractivity contribution < 1.29 is 4.79 Å². The van der Waals surface area contributed by atoms with Crippen LogP contribution in [0.3, 0.4) is 0 Å². The lowest BCUT2D eigenvalue weighted by molar-refractivity contribution is -0.122. The first-order valence-corrected chi connectivity index (χ1v) is 7.58. The minimum absolute atomic E-state index is 0.118. The van der Waals surface area contributed by atoms with Crippen LogP contribution in [0.15, 0.2) is 17.5 Å². The van der Waals surface area contributed by atoms with Crippen LogP contribution in [0.25, 0.3) is 0 Å². The lowest BCUT2D eigenvalue weighted by atomic mass is 9.96. The molecule has 1 amide bonds. The van der Waals surface area contributed by atoms with Gasteiger partial charge >= 0.3 is 0 Å². The predicted molar refractivity (Wildman–Crippen MR) is 77.6 cm³/mol. The van der Waals surface area contributed by atoms with E-state index in [9.17, 15) is 4.79 Å². The van der Waals surface area contributed by atoms with Crippen molar-refractivity contribution in [2.75, 3.05) is 6.54 Å². The summed E-state index contributed by atoms with van der Waals surface area (Å²) < 4.78 is 0. The van der Waals surface area contributed by atoms with Crippen molar-refractivity contribution in [2.24, 2.45) is 11.7 Å². The second-order valence-electron chi connectivity index (χ2n) is 4.69. The molecule has 1 heterocycles. The van der Waals surface area contributed by atoms with E-state index in [1.807, 2.05) is 18.4 Å². The minimum atomic E-state index is 0.118. The molecule has 102 valence electrons. The maximum Gasteiger partial charge on any atom is 0.220 e. The van der Waals surface area contributed by atoms with E-state index >= 15 is 0 Å². The summed E-state index contributed by atoms with van der Waals surface area (Å²) in [4.78, 5) is 13.0. The molecule has 2 unspecified atom stereocenters. The Morgan fingerprint density at radius 2 is 2.28 bits per heavy atom. The summed E-state index contributed by atoms with van der Waals surface area (Å²) in [5, 5.41) is 5.08. The molecule has 0 spiro atoms. The highest BCUT2D eigenvalue weighted by molar-refractivity contribution is 7.10. The quantitative estimate of drug-likeness (QED) is 0.761. The summed E-state index contributed by atoms with van der Waals surface area (Å²) in [5.41, 5.74) is 5.56. The van der Waals surface area contributed by atoms with Crippen molar-refractivity contribution >= 4 is 17.2 Å². The highest BCUT2D eigenvalue weighted by Gasteiger charge is 2.12. The summed E-state index contributed by atoms with van der Waals surface area (Å²) in [7, 11) is 0. The van der Waals surface area contributed by atoms with Crippen LogP contribution < -0.4 is 11.1 Å². The van der Waals surface area contributed by atoms with E-state index in [0.717, 1.165) is 19.3 Å². The number of thiophene rings is 1. The molecule has 0 aliphatic carbocycles. The Hall–Kier alpha value is -0.870. The van der Waals surface area contributed by atoms with Crippen molar-refractivity contribution in [3.8, 4) is 0 Å². The molecule has 1 aromatic rings. The molecule has 0 saturated heterocycles. The highest BCUT2D eigenvalue weighted by Crippen LogP contribution is 2.19. The number of nitrogens with two attached hydrogens (primary N) is 1. The molecule has 2 atom stereocenters. The molecule has 0 aromatic carbocycles. The number of nitrogens with one attached hydrogen (secondary N) is 1. The molecule has 3 N–H and O–H groups in total. The van der Waals surface area contributed by atoms with Gasteiger partial charge in [-0.1, -0.05) is 19.4 Å². The molecule has 0 saturated carbocycles. The van der Waals surface area contributed by atoms with E-state index in [1.165, 1.54) is 4.88 Å². The third-order valence-electron chi connectivity index (χ3n) is 3.28. The first kappa shape index (κ1) is 15.2. The van der Waals surface area contributed by atoms with Gasteiger partial charge < -0.3 is 11.1 Å². The Labute approximate surface area is 114 Å².